The third-order valence-corrected chi connectivity index (χ3v) is 3.78. The lowest BCUT2D eigenvalue weighted by Crippen LogP contribution is -2.52. The molecule has 0 bridgehead atoms. The molecule has 22 heavy (non-hydrogen) atoms. The number of nitrogens with zero attached hydrogens (tertiary/aromatic N) is 3. The van der Waals surface area contributed by atoms with E-state index in [0.717, 1.165) is 11.4 Å². The fourth-order valence-corrected chi connectivity index (χ4v) is 2.33. The number of likely N-dealkylation sites (tertiary alicyclic amines) is 1. The molecule has 2 heterocycles. The molecule has 1 fully saturated rings. The van der Waals surface area contributed by atoms with Crippen molar-refractivity contribution in [3.63, 3.8) is 0 Å². The van der Waals surface area contributed by atoms with Gasteiger partial charge in [0.25, 0.3) is 0 Å². The van der Waals surface area contributed by atoms with Crippen molar-refractivity contribution >= 4 is 6.03 Å². The maximum atomic E-state index is 12.0. The Kier molecular flexibility index (Phi) is 4.09. The molecule has 1 aromatic carbocycles. The average Bonchev–Trinajstić information content (AvgIpc) is 2.94. The zero-order valence-electron chi connectivity index (χ0n) is 12.8. The summed E-state index contributed by atoms with van der Waals surface area (Å²) in [6.45, 7) is 5.84. The minimum Gasteiger partial charge on any atom is -0.339 e. The van der Waals surface area contributed by atoms with Crippen molar-refractivity contribution in [1.29, 1.82) is 0 Å². The molecule has 1 aliphatic rings. The largest absolute Gasteiger partial charge is 0.339 e. The number of rotatable bonds is 4. The third kappa shape index (κ3) is 3.10. The van der Waals surface area contributed by atoms with Crippen molar-refractivity contribution in [3.8, 4) is 0 Å². The molecule has 0 saturated carbocycles. The number of hydrogen-bond acceptors (Lipinski definition) is 4. The monoisotopic (exact) mass is 300 g/mol. The quantitative estimate of drug-likeness (QED) is 0.941. The molecule has 116 valence electrons. The van der Waals surface area contributed by atoms with Crippen LogP contribution in [0.5, 0.6) is 0 Å². The predicted octanol–water partition coefficient (Wildman–Crippen LogP) is 2.50. The average molecular weight is 300 g/mol. The number of amides is 2. The molecule has 2 aromatic rings. The number of benzene rings is 1. The highest BCUT2D eigenvalue weighted by Gasteiger charge is 2.35. The van der Waals surface area contributed by atoms with E-state index in [4.69, 9.17) is 4.52 Å². The molecule has 0 unspecified atom stereocenters. The number of nitrogens with one attached hydrogen (secondary N) is 1. The van der Waals surface area contributed by atoms with Gasteiger partial charge in [0.1, 0.15) is 0 Å². The summed E-state index contributed by atoms with van der Waals surface area (Å²) in [5.41, 5.74) is 1.09. The standard InChI is InChI=1S/C16H20N4O2/c1-11(2)14-18-15(22-19-14)13-9-20(10-13)16(21)17-8-12-6-4-3-5-7-12/h3-7,11,13H,8-10H2,1-2H3,(H,17,21). The van der Waals surface area contributed by atoms with Crippen LogP contribution >= 0.6 is 0 Å². The first-order chi connectivity index (χ1) is 10.6. The van der Waals surface area contributed by atoms with Gasteiger partial charge in [-0.3, -0.25) is 0 Å². The molecule has 1 aromatic heterocycles. The Morgan fingerprint density at radius 1 is 1.36 bits per heavy atom. The van der Waals surface area contributed by atoms with Crippen LogP contribution in [-0.4, -0.2) is 34.2 Å². The van der Waals surface area contributed by atoms with Crippen LogP contribution in [0.3, 0.4) is 0 Å². The van der Waals surface area contributed by atoms with Crippen LogP contribution in [0.25, 0.3) is 0 Å². The van der Waals surface area contributed by atoms with Crippen molar-refractivity contribution in [2.75, 3.05) is 13.1 Å². The lowest BCUT2D eigenvalue weighted by Gasteiger charge is -2.36. The minimum atomic E-state index is -0.0521. The van der Waals surface area contributed by atoms with Crippen molar-refractivity contribution in [2.45, 2.75) is 32.2 Å². The first-order valence-electron chi connectivity index (χ1n) is 7.53. The molecule has 1 aliphatic heterocycles. The molecule has 0 radical (unpaired) electrons. The molecule has 3 rings (SSSR count). The van der Waals surface area contributed by atoms with Crippen LogP contribution in [-0.2, 0) is 6.54 Å². The fraction of sp³-hybridized carbons (Fsp3) is 0.438. The summed E-state index contributed by atoms with van der Waals surface area (Å²) >= 11 is 0. The first kappa shape index (κ1) is 14.6. The second kappa shape index (κ2) is 6.17. The SMILES string of the molecule is CC(C)c1noc(C2CN(C(=O)NCc3ccccc3)C2)n1. The van der Waals surface area contributed by atoms with Gasteiger partial charge in [0.15, 0.2) is 5.82 Å². The smallest absolute Gasteiger partial charge is 0.317 e. The Bertz CT molecular complexity index is 633. The summed E-state index contributed by atoms with van der Waals surface area (Å²) < 4.78 is 5.27. The van der Waals surface area contributed by atoms with Crippen LogP contribution in [0.15, 0.2) is 34.9 Å². The van der Waals surface area contributed by atoms with Crippen LogP contribution in [0.4, 0.5) is 4.79 Å². The zero-order chi connectivity index (χ0) is 15.5. The molecule has 0 atom stereocenters. The zero-order valence-corrected chi connectivity index (χ0v) is 12.8. The molecular formula is C16H20N4O2. The molecule has 6 nitrogen and oxygen atoms in total. The van der Waals surface area contributed by atoms with Crippen LogP contribution in [0.1, 0.15) is 43.0 Å². The van der Waals surface area contributed by atoms with Gasteiger partial charge in [-0.1, -0.05) is 49.3 Å². The molecule has 6 heteroatoms. The fourth-order valence-electron chi connectivity index (χ4n) is 2.33. The van der Waals surface area contributed by atoms with Gasteiger partial charge >= 0.3 is 6.03 Å². The summed E-state index contributed by atoms with van der Waals surface area (Å²) in [7, 11) is 0. The summed E-state index contributed by atoms with van der Waals surface area (Å²) in [5.74, 6) is 1.77. The third-order valence-electron chi connectivity index (χ3n) is 3.78. The highest BCUT2D eigenvalue weighted by atomic mass is 16.5. The summed E-state index contributed by atoms with van der Waals surface area (Å²) in [6.07, 6.45) is 0. The molecule has 0 aliphatic carbocycles. The summed E-state index contributed by atoms with van der Waals surface area (Å²) in [6, 6.07) is 9.81. The topological polar surface area (TPSA) is 71.3 Å². The van der Waals surface area contributed by atoms with Gasteiger partial charge in [0.2, 0.25) is 5.89 Å². The van der Waals surface area contributed by atoms with E-state index in [0.29, 0.717) is 25.5 Å². The first-order valence-corrected chi connectivity index (χ1v) is 7.53. The Hall–Kier alpha value is -2.37. The number of carbonyl (C=O) groups is 1. The lowest BCUT2D eigenvalue weighted by atomic mass is 10.0. The molecule has 2 amide bonds. The van der Waals surface area contributed by atoms with Crippen LogP contribution in [0.2, 0.25) is 0 Å². The van der Waals surface area contributed by atoms with E-state index in [2.05, 4.69) is 15.5 Å². The Labute approximate surface area is 129 Å². The Morgan fingerprint density at radius 3 is 2.73 bits per heavy atom. The Balaban J connectivity index is 1.47. The summed E-state index contributed by atoms with van der Waals surface area (Å²) in [4.78, 5) is 18.2. The maximum absolute atomic E-state index is 12.0. The molecule has 1 saturated heterocycles. The van der Waals surface area contributed by atoms with Gasteiger partial charge in [-0.05, 0) is 5.56 Å². The van der Waals surface area contributed by atoms with Gasteiger partial charge in [-0.2, -0.15) is 4.98 Å². The molecular weight excluding hydrogens is 280 g/mol. The van der Waals surface area contributed by atoms with E-state index in [-0.39, 0.29) is 17.9 Å². The van der Waals surface area contributed by atoms with E-state index < -0.39 is 0 Å². The highest BCUT2D eigenvalue weighted by Crippen LogP contribution is 2.26. The van der Waals surface area contributed by atoms with E-state index in [1.165, 1.54) is 0 Å². The number of aromatic nitrogens is 2. The lowest BCUT2D eigenvalue weighted by molar-refractivity contribution is 0.136. The van der Waals surface area contributed by atoms with Gasteiger partial charge in [0, 0.05) is 25.6 Å². The van der Waals surface area contributed by atoms with Gasteiger partial charge < -0.3 is 14.7 Å². The maximum Gasteiger partial charge on any atom is 0.317 e. The van der Waals surface area contributed by atoms with E-state index in [1.54, 1.807) is 4.90 Å². The van der Waals surface area contributed by atoms with Crippen LogP contribution < -0.4 is 5.32 Å². The van der Waals surface area contributed by atoms with E-state index >= 15 is 0 Å². The predicted molar refractivity (Wildman–Crippen MR) is 81.4 cm³/mol. The minimum absolute atomic E-state index is 0.0521. The summed E-state index contributed by atoms with van der Waals surface area (Å²) in [5, 5.41) is 6.88. The van der Waals surface area contributed by atoms with Gasteiger partial charge in [-0.25, -0.2) is 4.79 Å². The second-order valence-corrected chi connectivity index (χ2v) is 5.89. The van der Waals surface area contributed by atoms with E-state index in [1.807, 2.05) is 44.2 Å². The van der Waals surface area contributed by atoms with E-state index in [9.17, 15) is 4.79 Å². The van der Waals surface area contributed by atoms with Crippen molar-refractivity contribution in [2.24, 2.45) is 0 Å². The number of carbonyl (C=O) groups excluding carboxylic acids is 1. The van der Waals surface area contributed by atoms with Crippen LogP contribution in [0, 0.1) is 0 Å². The van der Waals surface area contributed by atoms with Crippen molar-refractivity contribution in [1.82, 2.24) is 20.4 Å². The number of hydrogen-bond donors (Lipinski definition) is 1. The van der Waals surface area contributed by atoms with Gasteiger partial charge in [0.05, 0.1) is 5.92 Å². The Morgan fingerprint density at radius 2 is 2.09 bits per heavy atom. The molecule has 0 spiro atoms. The second-order valence-electron chi connectivity index (χ2n) is 5.89. The number of urea groups is 1. The highest BCUT2D eigenvalue weighted by molar-refractivity contribution is 5.75. The normalized spacial score (nSPS) is 15.0. The van der Waals surface area contributed by atoms with Gasteiger partial charge in [-0.15, -0.1) is 0 Å². The molecule has 1 N–H and O–H groups in total. The van der Waals surface area contributed by atoms with Crippen molar-refractivity contribution < 1.29 is 9.32 Å². The van der Waals surface area contributed by atoms with Crippen molar-refractivity contribution in [3.05, 3.63) is 47.6 Å².